The number of hydrogen-bond donors (Lipinski definition) is 2. The van der Waals surface area contributed by atoms with Gasteiger partial charge in [-0.1, -0.05) is 44.3 Å². The summed E-state index contributed by atoms with van der Waals surface area (Å²) in [4.78, 5) is -0.000945. The van der Waals surface area contributed by atoms with Crippen molar-refractivity contribution in [1.82, 2.24) is 0 Å². The second-order valence-corrected chi connectivity index (χ2v) is 6.29. The van der Waals surface area contributed by atoms with Crippen molar-refractivity contribution in [3.05, 3.63) is 29.8 Å². The lowest BCUT2D eigenvalue weighted by atomic mass is 10.1. The van der Waals surface area contributed by atoms with Gasteiger partial charge in [-0.05, 0) is 24.5 Å². The van der Waals surface area contributed by atoms with Crippen molar-refractivity contribution in [2.75, 3.05) is 4.72 Å². The summed E-state index contributed by atoms with van der Waals surface area (Å²) < 4.78 is 26.9. The Hall–Kier alpha value is -1.14. The number of aryl methyl sites for hydroxylation is 1. The zero-order chi connectivity index (χ0) is 13.8. The highest BCUT2D eigenvalue weighted by molar-refractivity contribution is 7.95. The highest BCUT2D eigenvalue weighted by atomic mass is 32.2. The highest BCUT2D eigenvalue weighted by Gasteiger charge is 2.26. The van der Waals surface area contributed by atoms with Crippen LogP contribution in [-0.2, 0) is 16.4 Å². The summed E-state index contributed by atoms with van der Waals surface area (Å²) in [6.45, 7) is 3.72. The molecule has 0 aliphatic rings. The van der Waals surface area contributed by atoms with Crippen LogP contribution in [0.5, 0.6) is 0 Å². The largest absolute Gasteiger partial charge is 0.392 e. The average molecular weight is 286 g/mol. The molecule has 6 heteroatoms. The molecule has 1 unspecified atom stereocenters. The maximum Gasteiger partial charge on any atom is 0.242 e. The van der Waals surface area contributed by atoms with Gasteiger partial charge in [-0.2, -0.15) is 0 Å². The summed E-state index contributed by atoms with van der Waals surface area (Å²) in [5.74, 6) is 0. The van der Waals surface area contributed by atoms with Crippen molar-refractivity contribution in [1.29, 1.82) is 0 Å². The molecule has 0 aliphatic heterocycles. The van der Waals surface area contributed by atoms with E-state index in [9.17, 15) is 8.42 Å². The lowest BCUT2D eigenvalue weighted by molar-refractivity contribution is 0.594. The standard InChI is InChI=1S/C12H18N2O2S2/c1-3-9-7-5-6-8-10(9)14-18(15,16)11(4-2)12(13)17/h5-8,11,14H,3-4H2,1-2H3,(H2,13,17). The number of benzene rings is 1. The first-order valence-electron chi connectivity index (χ1n) is 5.81. The van der Waals surface area contributed by atoms with Crippen LogP contribution in [0.4, 0.5) is 5.69 Å². The first kappa shape index (κ1) is 14.9. The van der Waals surface area contributed by atoms with Gasteiger partial charge in [0.1, 0.15) is 5.25 Å². The molecule has 0 saturated heterocycles. The van der Waals surface area contributed by atoms with E-state index in [1.54, 1.807) is 19.1 Å². The Morgan fingerprint density at radius 3 is 2.50 bits per heavy atom. The zero-order valence-electron chi connectivity index (χ0n) is 10.5. The molecule has 4 nitrogen and oxygen atoms in total. The van der Waals surface area contributed by atoms with E-state index in [-0.39, 0.29) is 4.99 Å². The highest BCUT2D eigenvalue weighted by Crippen LogP contribution is 2.19. The number of rotatable bonds is 6. The summed E-state index contributed by atoms with van der Waals surface area (Å²) >= 11 is 4.80. The van der Waals surface area contributed by atoms with Gasteiger partial charge in [0.15, 0.2) is 0 Å². The third-order valence-corrected chi connectivity index (χ3v) is 4.99. The van der Waals surface area contributed by atoms with Crippen molar-refractivity contribution < 1.29 is 8.42 Å². The van der Waals surface area contributed by atoms with Crippen LogP contribution in [0.3, 0.4) is 0 Å². The Labute approximate surface area is 114 Å². The second-order valence-electron chi connectivity index (χ2n) is 3.96. The lowest BCUT2D eigenvalue weighted by Gasteiger charge is -2.17. The van der Waals surface area contributed by atoms with E-state index in [4.69, 9.17) is 18.0 Å². The molecular weight excluding hydrogens is 268 g/mol. The molecule has 0 spiro atoms. The van der Waals surface area contributed by atoms with Crippen LogP contribution in [0.15, 0.2) is 24.3 Å². The van der Waals surface area contributed by atoms with E-state index in [0.29, 0.717) is 12.1 Å². The zero-order valence-corrected chi connectivity index (χ0v) is 12.1. The summed E-state index contributed by atoms with van der Waals surface area (Å²) in [6, 6.07) is 7.29. The van der Waals surface area contributed by atoms with Crippen molar-refractivity contribution in [2.24, 2.45) is 5.73 Å². The summed E-state index contributed by atoms with van der Waals surface area (Å²) in [6.07, 6.45) is 1.11. The van der Waals surface area contributed by atoms with Crippen molar-refractivity contribution in [3.8, 4) is 0 Å². The molecule has 3 N–H and O–H groups in total. The molecule has 0 bridgehead atoms. The maximum atomic E-state index is 12.2. The third-order valence-electron chi connectivity index (χ3n) is 2.71. The number of thiocarbonyl (C=S) groups is 1. The Balaban J connectivity index is 3.05. The topological polar surface area (TPSA) is 72.2 Å². The van der Waals surface area contributed by atoms with Gasteiger partial charge in [-0.3, -0.25) is 4.72 Å². The fourth-order valence-corrected chi connectivity index (χ4v) is 3.67. The van der Waals surface area contributed by atoms with Gasteiger partial charge in [0.2, 0.25) is 10.0 Å². The van der Waals surface area contributed by atoms with E-state index in [2.05, 4.69) is 4.72 Å². The summed E-state index contributed by atoms with van der Waals surface area (Å²) in [7, 11) is -3.57. The number of anilines is 1. The van der Waals surface area contributed by atoms with Crippen LogP contribution in [0.25, 0.3) is 0 Å². The minimum atomic E-state index is -3.57. The molecule has 1 rings (SSSR count). The molecule has 18 heavy (non-hydrogen) atoms. The number of hydrogen-bond acceptors (Lipinski definition) is 3. The number of sulfonamides is 1. The van der Waals surface area contributed by atoms with Crippen molar-refractivity contribution in [2.45, 2.75) is 31.9 Å². The van der Waals surface area contributed by atoms with E-state index < -0.39 is 15.3 Å². The quantitative estimate of drug-likeness (QED) is 0.785. The molecule has 0 aliphatic carbocycles. The van der Waals surface area contributed by atoms with E-state index in [1.807, 2.05) is 19.1 Å². The van der Waals surface area contributed by atoms with Gasteiger partial charge in [-0.15, -0.1) is 0 Å². The maximum absolute atomic E-state index is 12.2. The smallest absolute Gasteiger partial charge is 0.242 e. The van der Waals surface area contributed by atoms with Crippen LogP contribution < -0.4 is 10.5 Å². The third kappa shape index (κ3) is 3.43. The second kappa shape index (κ2) is 6.15. The fourth-order valence-electron chi connectivity index (χ4n) is 1.73. The van der Waals surface area contributed by atoms with Crippen molar-refractivity contribution >= 4 is 32.9 Å². The monoisotopic (exact) mass is 286 g/mol. The van der Waals surface area contributed by atoms with E-state index >= 15 is 0 Å². The normalized spacial score (nSPS) is 13.0. The van der Waals surface area contributed by atoms with Crippen LogP contribution in [-0.4, -0.2) is 18.7 Å². The molecular formula is C12H18N2O2S2. The van der Waals surface area contributed by atoms with E-state index in [0.717, 1.165) is 12.0 Å². The van der Waals surface area contributed by atoms with Crippen LogP contribution >= 0.6 is 12.2 Å². The molecule has 0 amide bonds. The van der Waals surface area contributed by atoms with Gasteiger partial charge in [-0.25, -0.2) is 8.42 Å². The van der Waals surface area contributed by atoms with Gasteiger partial charge >= 0.3 is 0 Å². The SMILES string of the molecule is CCc1ccccc1NS(=O)(=O)C(CC)C(N)=S. The fraction of sp³-hybridized carbons (Fsp3) is 0.417. The number of nitrogens with two attached hydrogens (primary N) is 1. The molecule has 1 atom stereocenters. The Morgan fingerprint density at radius 1 is 1.39 bits per heavy atom. The summed E-state index contributed by atoms with van der Waals surface area (Å²) in [5.41, 5.74) is 7.01. The van der Waals surface area contributed by atoms with Crippen LogP contribution in [0.2, 0.25) is 0 Å². The van der Waals surface area contributed by atoms with Gasteiger partial charge < -0.3 is 5.73 Å². The minimum absolute atomic E-state index is 0.000945. The predicted molar refractivity (Wildman–Crippen MR) is 79.2 cm³/mol. The number of nitrogens with one attached hydrogen (secondary N) is 1. The first-order valence-corrected chi connectivity index (χ1v) is 7.76. The molecule has 100 valence electrons. The van der Waals surface area contributed by atoms with Gasteiger partial charge in [0.25, 0.3) is 0 Å². The Kier molecular flexibility index (Phi) is 5.10. The van der Waals surface area contributed by atoms with Gasteiger partial charge in [0.05, 0.1) is 10.7 Å². The molecule has 1 aromatic carbocycles. The number of para-hydroxylation sites is 1. The molecule has 0 saturated carbocycles. The molecule has 0 fully saturated rings. The predicted octanol–water partition coefficient (Wildman–Crippen LogP) is 2.06. The van der Waals surface area contributed by atoms with Crippen molar-refractivity contribution in [3.63, 3.8) is 0 Å². The molecule has 1 aromatic rings. The lowest BCUT2D eigenvalue weighted by Crippen LogP contribution is -2.37. The molecule has 0 aromatic heterocycles. The minimum Gasteiger partial charge on any atom is -0.392 e. The van der Waals surface area contributed by atoms with Crippen LogP contribution in [0.1, 0.15) is 25.8 Å². The Bertz CT molecular complexity index is 527. The summed E-state index contributed by atoms with van der Waals surface area (Å²) in [5, 5.41) is -0.836. The van der Waals surface area contributed by atoms with Gasteiger partial charge in [0, 0.05) is 0 Å². The Morgan fingerprint density at radius 2 is 2.00 bits per heavy atom. The average Bonchev–Trinajstić information content (AvgIpc) is 2.29. The van der Waals surface area contributed by atoms with E-state index in [1.165, 1.54) is 0 Å². The molecule has 0 heterocycles. The molecule has 0 radical (unpaired) electrons. The first-order chi connectivity index (χ1) is 8.42. The van der Waals surface area contributed by atoms with Crippen LogP contribution in [0, 0.1) is 0 Å².